The van der Waals surface area contributed by atoms with Gasteiger partial charge in [-0.05, 0) is 52.3 Å². The SMILES string of the molecule is CC(C)(C)c1cc(-c2cccc3c2[nH]c2c4ccccc4oc32)c2c(c1)-n1c3c(cccc3c3sc4ccccc4c31)B2. The molecule has 0 bridgehead atoms. The van der Waals surface area contributed by atoms with Crippen molar-refractivity contribution in [1.29, 1.82) is 0 Å². The van der Waals surface area contributed by atoms with Crippen LogP contribution in [-0.2, 0) is 5.41 Å². The highest BCUT2D eigenvalue weighted by Gasteiger charge is 2.30. The summed E-state index contributed by atoms with van der Waals surface area (Å²) in [7, 11) is 0.901. The highest BCUT2D eigenvalue weighted by molar-refractivity contribution is 7.26. The van der Waals surface area contributed by atoms with E-state index in [1.54, 1.807) is 0 Å². The lowest BCUT2D eigenvalue weighted by Crippen LogP contribution is -2.38. The van der Waals surface area contributed by atoms with Gasteiger partial charge in [-0.2, -0.15) is 0 Å². The number of hydrogen-bond acceptors (Lipinski definition) is 2. The van der Waals surface area contributed by atoms with Crippen molar-refractivity contribution in [3.8, 4) is 16.8 Å². The fourth-order valence-corrected chi connectivity index (χ4v) is 8.67. The van der Waals surface area contributed by atoms with E-state index >= 15 is 0 Å². The van der Waals surface area contributed by atoms with Crippen molar-refractivity contribution in [3.63, 3.8) is 0 Å². The van der Waals surface area contributed by atoms with E-state index in [9.17, 15) is 0 Å². The van der Waals surface area contributed by atoms with Crippen LogP contribution in [0.2, 0.25) is 0 Å². The molecular formula is C38H27BN2OS. The van der Waals surface area contributed by atoms with Crippen molar-refractivity contribution in [1.82, 2.24) is 9.55 Å². The molecule has 0 aliphatic carbocycles. The Bertz CT molecular complexity index is 2640. The number of thiophene rings is 1. The van der Waals surface area contributed by atoms with E-state index in [-0.39, 0.29) is 5.41 Å². The molecule has 1 aliphatic heterocycles. The van der Waals surface area contributed by atoms with Gasteiger partial charge in [0.15, 0.2) is 12.9 Å². The molecule has 5 heterocycles. The Balaban J connectivity index is 1.35. The third-order valence-corrected chi connectivity index (χ3v) is 10.7. The topological polar surface area (TPSA) is 33.9 Å². The Morgan fingerprint density at radius 2 is 1.49 bits per heavy atom. The van der Waals surface area contributed by atoms with Gasteiger partial charge in [-0.25, -0.2) is 0 Å². The summed E-state index contributed by atoms with van der Waals surface area (Å²) in [6.07, 6.45) is 0. The number of aromatic amines is 1. The van der Waals surface area contributed by atoms with Crippen molar-refractivity contribution in [2.24, 2.45) is 0 Å². The van der Waals surface area contributed by atoms with E-state index in [2.05, 4.69) is 115 Å². The van der Waals surface area contributed by atoms with E-state index in [1.165, 1.54) is 64.5 Å². The minimum absolute atomic E-state index is 0.0176. The summed E-state index contributed by atoms with van der Waals surface area (Å²) < 4.78 is 11.7. The molecular weight excluding hydrogens is 543 g/mol. The third kappa shape index (κ3) is 3.05. The van der Waals surface area contributed by atoms with Crippen molar-refractivity contribution >= 4 is 93.7 Å². The summed E-state index contributed by atoms with van der Waals surface area (Å²) in [5.41, 5.74) is 14.7. The van der Waals surface area contributed by atoms with Gasteiger partial charge in [-0.3, -0.25) is 0 Å². The fraction of sp³-hybridized carbons (Fsp3) is 0.105. The smallest absolute Gasteiger partial charge is 0.198 e. The Kier molecular flexibility index (Phi) is 4.43. The van der Waals surface area contributed by atoms with Crippen LogP contribution in [0.25, 0.3) is 81.0 Å². The molecule has 9 aromatic rings. The molecule has 204 valence electrons. The summed E-state index contributed by atoms with van der Waals surface area (Å²) in [6, 6.07) is 35.6. The molecule has 4 aromatic heterocycles. The Morgan fingerprint density at radius 1 is 0.721 bits per heavy atom. The first-order chi connectivity index (χ1) is 21.0. The number of benzene rings is 5. The van der Waals surface area contributed by atoms with Crippen LogP contribution in [-0.4, -0.2) is 16.8 Å². The van der Waals surface area contributed by atoms with Gasteiger partial charge in [0.1, 0.15) is 5.58 Å². The highest BCUT2D eigenvalue weighted by Crippen LogP contribution is 2.44. The van der Waals surface area contributed by atoms with E-state index in [0.717, 1.165) is 40.3 Å². The second-order valence-corrected chi connectivity index (χ2v) is 14.1. The number of furan rings is 1. The first-order valence-corrected chi connectivity index (χ1v) is 15.8. The molecule has 0 saturated carbocycles. The predicted octanol–water partition coefficient (Wildman–Crippen LogP) is 9.04. The van der Waals surface area contributed by atoms with Gasteiger partial charge in [0.25, 0.3) is 0 Å². The number of nitrogens with zero attached hydrogens (tertiary/aromatic N) is 1. The minimum atomic E-state index is -0.0176. The van der Waals surface area contributed by atoms with Crippen molar-refractivity contribution in [2.75, 3.05) is 0 Å². The molecule has 3 nitrogen and oxygen atoms in total. The van der Waals surface area contributed by atoms with Crippen LogP contribution in [0.5, 0.6) is 0 Å². The number of fused-ring (bicyclic) bond motifs is 12. The molecule has 43 heavy (non-hydrogen) atoms. The van der Waals surface area contributed by atoms with Gasteiger partial charge >= 0.3 is 0 Å². The van der Waals surface area contributed by atoms with Gasteiger partial charge in [0, 0.05) is 43.0 Å². The summed E-state index contributed by atoms with van der Waals surface area (Å²) in [5, 5.41) is 4.95. The molecule has 1 aliphatic rings. The maximum Gasteiger partial charge on any atom is 0.198 e. The van der Waals surface area contributed by atoms with Crippen LogP contribution in [0.15, 0.2) is 101 Å². The zero-order valence-corrected chi connectivity index (χ0v) is 25.0. The monoisotopic (exact) mass is 570 g/mol. The van der Waals surface area contributed by atoms with Gasteiger partial charge in [0.2, 0.25) is 0 Å². The lowest BCUT2D eigenvalue weighted by Gasteiger charge is -2.28. The predicted molar refractivity (Wildman–Crippen MR) is 186 cm³/mol. The summed E-state index contributed by atoms with van der Waals surface area (Å²) in [5.74, 6) is 0. The molecule has 0 atom stereocenters. The molecule has 10 rings (SSSR count). The average molecular weight is 571 g/mol. The normalized spacial score (nSPS) is 13.2. The molecule has 0 fully saturated rings. The van der Waals surface area contributed by atoms with Crippen LogP contribution in [0.1, 0.15) is 26.3 Å². The van der Waals surface area contributed by atoms with Gasteiger partial charge < -0.3 is 14.0 Å². The Hall–Kier alpha value is -4.74. The van der Waals surface area contributed by atoms with Crippen molar-refractivity contribution in [2.45, 2.75) is 26.2 Å². The standard InChI is InChI=1S/C38H27BN2OS/c1-38(2,3)20-18-26(21-12-8-13-24-32(21)40-33-22-10-4-6-16-29(22)42-36(24)33)31-28(19-20)41-34-25(14-9-15-27(34)39-31)37-35(41)23-11-5-7-17-30(23)43-37/h4-19,39-40H,1-3H3. The maximum absolute atomic E-state index is 6.41. The second-order valence-electron chi connectivity index (χ2n) is 13.0. The lowest BCUT2D eigenvalue weighted by atomic mass is 9.58. The zero-order valence-electron chi connectivity index (χ0n) is 24.2. The minimum Gasteiger partial charge on any atom is -0.454 e. The zero-order chi connectivity index (χ0) is 28.6. The number of nitrogens with one attached hydrogen (secondary N) is 1. The summed E-state index contributed by atoms with van der Waals surface area (Å²) in [4.78, 5) is 3.82. The third-order valence-electron chi connectivity index (χ3n) is 9.53. The number of para-hydroxylation sites is 3. The summed E-state index contributed by atoms with van der Waals surface area (Å²) in [6.45, 7) is 6.97. The molecule has 0 amide bonds. The number of aromatic nitrogens is 2. The van der Waals surface area contributed by atoms with Crippen LogP contribution in [0.4, 0.5) is 0 Å². The van der Waals surface area contributed by atoms with Crippen molar-refractivity contribution < 1.29 is 4.42 Å². The van der Waals surface area contributed by atoms with E-state index < -0.39 is 0 Å². The van der Waals surface area contributed by atoms with Gasteiger partial charge in [-0.1, -0.05) is 93.0 Å². The van der Waals surface area contributed by atoms with Gasteiger partial charge in [-0.15, -0.1) is 11.3 Å². The van der Waals surface area contributed by atoms with E-state index in [0.29, 0.717) is 0 Å². The maximum atomic E-state index is 6.41. The second kappa shape index (κ2) is 8.00. The molecule has 0 spiro atoms. The molecule has 1 N–H and O–H groups in total. The summed E-state index contributed by atoms with van der Waals surface area (Å²) >= 11 is 1.92. The molecule has 5 heteroatoms. The van der Waals surface area contributed by atoms with Crippen LogP contribution in [0, 0.1) is 0 Å². The number of H-pyrrole nitrogens is 1. The van der Waals surface area contributed by atoms with Crippen LogP contribution < -0.4 is 10.9 Å². The number of hydrogen-bond donors (Lipinski definition) is 1. The fourth-order valence-electron chi connectivity index (χ4n) is 7.46. The van der Waals surface area contributed by atoms with E-state index in [1.807, 2.05) is 23.5 Å². The van der Waals surface area contributed by atoms with Crippen molar-refractivity contribution in [3.05, 3.63) is 103 Å². The molecule has 0 radical (unpaired) electrons. The molecule has 5 aromatic carbocycles. The van der Waals surface area contributed by atoms with Gasteiger partial charge in [0.05, 0.1) is 21.3 Å². The largest absolute Gasteiger partial charge is 0.454 e. The van der Waals surface area contributed by atoms with Crippen LogP contribution >= 0.6 is 11.3 Å². The van der Waals surface area contributed by atoms with Crippen LogP contribution in [0.3, 0.4) is 0 Å². The average Bonchev–Trinajstić information content (AvgIpc) is 3.75. The number of rotatable bonds is 1. The quantitative estimate of drug-likeness (QED) is 0.196. The first kappa shape index (κ1) is 23.8. The lowest BCUT2D eigenvalue weighted by molar-refractivity contribution is 0.590. The highest BCUT2D eigenvalue weighted by atomic mass is 32.1. The van der Waals surface area contributed by atoms with E-state index in [4.69, 9.17) is 4.42 Å². The Labute approximate surface area is 252 Å². The Morgan fingerprint density at radius 3 is 2.37 bits per heavy atom. The molecule has 0 saturated heterocycles. The first-order valence-electron chi connectivity index (χ1n) is 15.0. The molecule has 0 unspecified atom stereocenters.